The van der Waals surface area contributed by atoms with Crippen LogP contribution in [0.25, 0.3) is 21.7 Å². The Morgan fingerprint density at radius 2 is 2.10 bits per heavy atom. The zero-order chi connectivity index (χ0) is 21.2. The quantitative estimate of drug-likeness (QED) is 0.380. The van der Waals surface area contributed by atoms with Crippen LogP contribution in [0.3, 0.4) is 0 Å². The summed E-state index contributed by atoms with van der Waals surface area (Å²) in [5.74, 6) is 0.203. The molecule has 0 radical (unpaired) electrons. The summed E-state index contributed by atoms with van der Waals surface area (Å²) in [6.07, 6.45) is 4.05. The van der Waals surface area contributed by atoms with Gasteiger partial charge in [-0.2, -0.15) is 0 Å². The van der Waals surface area contributed by atoms with Gasteiger partial charge in [0.05, 0.1) is 23.3 Å². The number of fused-ring (bicyclic) bond motifs is 1. The van der Waals surface area contributed by atoms with E-state index in [9.17, 15) is 14.7 Å². The summed E-state index contributed by atoms with van der Waals surface area (Å²) in [7, 11) is 0. The van der Waals surface area contributed by atoms with Gasteiger partial charge in [-0.25, -0.2) is 9.97 Å². The molecule has 0 saturated carbocycles. The topological polar surface area (TPSA) is 124 Å². The van der Waals surface area contributed by atoms with Gasteiger partial charge in [-0.15, -0.1) is 11.3 Å². The van der Waals surface area contributed by atoms with E-state index in [1.165, 1.54) is 23.5 Å². The third-order valence-electron chi connectivity index (χ3n) is 3.60. The number of aryl methyl sites for hydroxylation is 1. The van der Waals surface area contributed by atoms with Crippen LogP contribution in [0.5, 0.6) is 5.75 Å². The van der Waals surface area contributed by atoms with Crippen molar-refractivity contribution in [3.05, 3.63) is 53.4 Å². The molecule has 3 aromatic heterocycles. The normalized spacial score (nSPS) is 9.76. The highest BCUT2D eigenvalue weighted by atomic mass is 32.1. The lowest BCUT2D eigenvalue weighted by atomic mass is 10.1. The van der Waals surface area contributed by atoms with Crippen molar-refractivity contribution in [2.75, 3.05) is 6.54 Å². The van der Waals surface area contributed by atoms with Crippen LogP contribution in [-0.4, -0.2) is 43.8 Å². The summed E-state index contributed by atoms with van der Waals surface area (Å²) in [4.78, 5) is 37.3. The van der Waals surface area contributed by atoms with Gasteiger partial charge in [0.15, 0.2) is 0 Å². The number of carbonyl (C=O) groups is 2. The number of hydrogen-bond donors (Lipinski definition) is 4. The zero-order valence-electron chi connectivity index (χ0n) is 16.4. The number of aldehydes is 1. The van der Waals surface area contributed by atoms with E-state index in [0.29, 0.717) is 28.7 Å². The molecule has 0 unspecified atom stereocenters. The Bertz CT molecular complexity index is 1040. The second kappa shape index (κ2) is 10.8. The minimum atomic E-state index is -0.406. The predicted molar refractivity (Wildman–Crippen MR) is 114 cm³/mol. The van der Waals surface area contributed by atoms with Crippen LogP contribution in [0, 0.1) is 6.92 Å². The maximum Gasteiger partial charge on any atom is 0.253 e. The van der Waals surface area contributed by atoms with Crippen LogP contribution < -0.4 is 5.32 Å². The monoisotopic (exact) mass is 413 g/mol. The summed E-state index contributed by atoms with van der Waals surface area (Å²) >= 11 is 1.50. The smallest absolute Gasteiger partial charge is 0.253 e. The molecule has 29 heavy (non-hydrogen) atoms. The van der Waals surface area contributed by atoms with Crippen molar-refractivity contribution < 1.29 is 14.7 Å². The second-order valence-corrected chi connectivity index (χ2v) is 6.48. The number of carbonyl (C=O) groups excluding carboxylic acids is 2. The molecule has 152 valence electrons. The van der Waals surface area contributed by atoms with Crippen molar-refractivity contribution in [1.29, 1.82) is 0 Å². The largest absolute Gasteiger partial charge is 0.506 e. The maximum absolute atomic E-state index is 12.0. The molecule has 8 nitrogen and oxygen atoms in total. The fourth-order valence-corrected chi connectivity index (χ4v) is 3.02. The fraction of sp³-hybridized carbons (Fsp3) is 0.200. The van der Waals surface area contributed by atoms with Gasteiger partial charge in [-0.05, 0) is 30.5 Å². The highest BCUT2D eigenvalue weighted by Gasteiger charge is 2.17. The van der Waals surface area contributed by atoms with Gasteiger partial charge in [0, 0.05) is 11.9 Å². The molecule has 4 aromatic rings. The Balaban J connectivity index is 0.000000317. The number of amides is 1. The number of aromatic nitrogens is 4. The van der Waals surface area contributed by atoms with Gasteiger partial charge in [0.2, 0.25) is 0 Å². The predicted octanol–water partition coefficient (Wildman–Crippen LogP) is 3.67. The Labute approximate surface area is 172 Å². The lowest BCUT2D eigenvalue weighted by Gasteiger charge is -2.03. The van der Waals surface area contributed by atoms with Gasteiger partial charge >= 0.3 is 0 Å². The number of nitrogens with zero attached hydrogens (tertiary/aromatic N) is 2. The summed E-state index contributed by atoms with van der Waals surface area (Å²) in [5, 5.41) is 14.3. The number of H-pyrrole nitrogens is 2. The molecule has 0 fully saturated rings. The number of nitrogens with one attached hydrogen (secondary N) is 3. The second-order valence-electron chi connectivity index (χ2n) is 5.53. The fourth-order valence-electron chi connectivity index (χ4n) is 2.35. The summed E-state index contributed by atoms with van der Waals surface area (Å²) in [5.41, 5.74) is 2.19. The Morgan fingerprint density at radius 1 is 1.31 bits per heavy atom. The number of phenolic OH excluding ortho intramolecular Hbond substituents is 1. The van der Waals surface area contributed by atoms with Gasteiger partial charge in [0.1, 0.15) is 28.9 Å². The number of imidazole rings is 2. The minimum Gasteiger partial charge on any atom is -0.506 e. The van der Waals surface area contributed by atoms with Crippen LogP contribution in [0.1, 0.15) is 29.9 Å². The molecule has 9 heteroatoms. The maximum atomic E-state index is 12.0. The number of benzene rings is 1. The number of hydrogen-bond acceptors (Lipinski definition) is 6. The van der Waals surface area contributed by atoms with E-state index in [4.69, 9.17) is 0 Å². The van der Waals surface area contributed by atoms with Crippen LogP contribution in [0.15, 0.2) is 42.2 Å². The average Bonchev–Trinajstić information content (AvgIpc) is 3.49. The SMILES string of the molecule is CC.Cc1cnc[nH]1.O=CCNC(=O)c1ccc(O)c2[nH]c(-c3cccs3)nc12. The van der Waals surface area contributed by atoms with Crippen molar-refractivity contribution in [2.24, 2.45) is 0 Å². The Kier molecular flexibility index (Phi) is 8.11. The molecule has 0 aliphatic rings. The number of phenols is 1. The highest BCUT2D eigenvalue weighted by Crippen LogP contribution is 2.30. The minimum absolute atomic E-state index is 0.0206. The molecule has 0 bridgehead atoms. The molecule has 0 aliphatic heterocycles. The summed E-state index contributed by atoms with van der Waals surface area (Å²) < 4.78 is 0. The van der Waals surface area contributed by atoms with E-state index >= 15 is 0 Å². The molecular weight excluding hydrogens is 390 g/mol. The summed E-state index contributed by atoms with van der Waals surface area (Å²) in [6, 6.07) is 6.70. The van der Waals surface area contributed by atoms with Crippen LogP contribution >= 0.6 is 11.3 Å². The van der Waals surface area contributed by atoms with Crippen molar-refractivity contribution in [2.45, 2.75) is 20.8 Å². The third-order valence-corrected chi connectivity index (χ3v) is 4.48. The van der Waals surface area contributed by atoms with Gasteiger partial charge in [0.25, 0.3) is 5.91 Å². The van der Waals surface area contributed by atoms with Crippen LogP contribution in [0.4, 0.5) is 0 Å². The lowest BCUT2D eigenvalue weighted by Crippen LogP contribution is -2.25. The average molecular weight is 414 g/mol. The van der Waals surface area contributed by atoms with Crippen molar-refractivity contribution in [3.63, 3.8) is 0 Å². The van der Waals surface area contributed by atoms with Crippen molar-refractivity contribution in [3.8, 4) is 16.5 Å². The molecule has 0 atom stereocenters. The molecular formula is C20H23N5O3S. The van der Waals surface area contributed by atoms with Crippen molar-refractivity contribution in [1.82, 2.24) is 25.3 Å². The molecule has 0 saturated heterocycles. The first-order chi connectivity index (χ1) is 14.1. The molecule has 1 aromatic carbocycles. The first kappa shape index (κ1) is 21.8. The summed E-state index contributed by atoms with van der Waals surface area (Å²) in [6.45, 7) is 5.90. The van der Waals surface area contributed by atoms with Crippen LogP contribution in [0.2, 0.25) is 0 Å². The standard InChI is InChI=1S/C14H11N3O3S.C4H6N2.C2H6/c18-6-5-15-14(20)8-3-4-9(19)12-11(8)16-13(17-12)10-2-1-7-21-10;1-4-2-5-3-6-4;1-2/h1-4,6-7,19H,5H2,(H,15,20)(H,16,17);2-3H,1H3,(H,5,6);1-2H3. The lowest BCUT2D eigenvalue weighted by molar-refractivity contribution is -0.107. The third kappa shape index (κ3) is 5.52. The van der Waals surface area contributed by atoms with E-state index in [1.807, 2.05) is 38.3 Å². The molecule has 3 heterocycles. The van der Waals surface area contributed by atoms with Gasteiger partial charge in [-0.1, -0.05) is 19.9 Å². The molecule has 4 N–H and O–H groups in total. The number of rotatable bonds is 4. The highest BCUT2D eigenvalue weighted by molar-refractivity contribution is 7.13. The first-order valence-corrected chi connectivity index (χ1v) is 9.90. The van der Waals surface area contributed by atoms with Gasteiger partial charge < -0.3 is 25.2 Å². The first-order valence-electron chi connectivity index (χ1n) is 9.02. The van der Waals surface area contributed by atoms with E-state index in [2.05, 4.69) is 25.3 Å². The number of aromatic hydroxyl groups is 1. The van der Waals surface area contributed by atoms with E-state index in [1.54, 1.807) is 12.5 Å². The van der Waals surface area contributed by atoms with Crippen molar-refractivity contribution >= 4 is 34.6 Å². The van der Waals surface area contributed by atoms with Gasteiger partial charge in [-0.3, -0.25) is 4.79 Å². The molecule has 0 spiro atoms. The molecule has 0 aliphatic carbocycles. The van der Waals surface area contributed by atoms with E-state index in [0.717, 1.165) is 10.6 Å². The zero-order valence-corrected chi connectivity index (χ0v) is 17.2. The Morgan fingerprint density at radius 3 is 2.66 bits per heavy atom. The molecule has 1 amide bonds. The number of aromatic amines is 2. The molecule has 4 rings (SSSR count). The van der Waals surface area contributed by atoms with E-state index < -0.39 is 5.91 Å². The van der Waals surface area contributed by atoms with E-state index in [-0.39, 0.29) is 12.3 Å². The number of thiophene rings is 1. The van der Waals surface area contributed by atoms with Crippen LogP contribution in [-0.2, 0) is 4.79 Å². The Hall–Kier alpha value is -3.46.